The minimum Gasteiger partial charge on any atom is -0.491 e. The molecule has 1 aliphatic rings. The van der Waals surface area contributed by atoms with Crippen LogP contribution in [0.1, 0.15) is 38.3 Å². The third-order valence-corrected chi connectivity index (χ3v) is 3.87. The van der Waals surface area contributed by atoms with Crippen LogP contribution in [0.5, 0.6) is 5.75 Å². The lowest BCUT2D eigenvalue weighted by molar-refractivity contribution is -0.124. The number of carbonyl (C=O) groups excluding carboxylic acids is 2. The van der Waals surface area contributed by atoms with Crippen LogP contribution >= 0.6 is 0 Å². The highest BCUT2D eigenvalue weighted by Crippen LogP contribution is 2.28. The molecule has 1 aliphatic heterocycles. The lowest BCUT2D eigenvalue weighted by Gasteiger charge is -2.26. The van der Waals surface area contributed by atoms with Crippen molar-refractivity contribution in [3.63, 3.8) is 0 Å². The van der Waals surface area contributed by atoms with Crippen molar-refractivity contribution in [1.29, 1.82) is 0 Å². The second-order valence-electron chi connectivity index (χ2n) is 5.73. The van der Waals surface area contributed by atoms with E-state index in [9.17, 15) is 9.59 Å². The highest BCUT2D eigenvalue weighted by Gasteiger charge is 2.44. The minimum atomic E-state index is -0.863. The smallest absolute Gasteiger partial charge is 0.322 e. The molecule has 1 unspecified atom stereocenters. The van der Waals surface area contributed by atoms with Gasteiger partial charge in [-0.25, -0.2) is 4.79 Å². The molecule has 1 aromatic rings. The summed E-state index contributed by atoms with van der Waals surface area (Å²) in [4.78, 5) is 23.5. The molecule has 3 amide bonds. The monoisotopic (exact) mass is 290 g/mol. The van der Waals surface area contributed by atoms with E-state index >= 15 is 0 Å². The first-order chi connectivity index (χ1) is 9.88. The molecule has 0 bridgehead atoms. The first kappa shape index (κ1) is 15.4. The molecule has 1 atom stereocenters. The summed E-state index contributed by atoms with van der Waals surface area (Å²) in [6.45, 7) is 7.83. The maximum Gasteiger partial charge on any atom is 0.322 e. The van der Waals surface area contributed by atoms with Crippen molar-refractivity contribution >= 4 is 11.9 Å². The fourth-order valence-electron chi connectivity index (χ4n) is 2.58. The summed E-state index contributed by atoms with van der Waals surface area (Å²) >= 11 is 0. The van der Waals surface area contributed by atoms with Crippen LogP contribution in [0.15, 0.2) is 18.2 Å². The maximum absolute atomic E-state index is 12.1. The van der Waals surface area contributed by atoms with Gasteiger partial charge in [0.1, 0.15) is 11.3 Å². The molecule has 5 heteroatoms. The topological polar surface area (TPSA) is 67.4 Å². The van der Waals surface area contributed by atoms with Crippen LogP contribution in [0.3, 0.4) is 0 Å². The third kappa shape index (κ3) is 3.01. The van der Waals surface area contributed by atoms with Gasteiger partial charge in [0.2, 0.25) is 0 Å². The normalized spacial score (nSPS) is 21.4. The van der Waals surface area contributed by atoms with Gasteiger partial charge in [0.15, 0.2) is 0 Å². The number of urea groups is 1. The first-order valence-electron chi connectivity index (χ1n) is 7.26. The van der Waals surface area contributed by atoms with Gasteiger partial charge in [-0.2, -0.15) is 0 Å². The van der Waals surface area contributed by atoms with E-state index in [-0.39, 0.29) is 12.0 Å². The number of nitrogens with one attached hydrogen (secondary N) is 2. The van der Waals surface area contributed by atoms with Crippen molar-refractivity contribution in [2.75, 3.05) is 0 Å². The van der Waals surface area contributed by atoms with Crippen LogP contribution in [0.2, 0.25) is 0 Å². The molecule has 0 aromatic heterocycles. The van der Waals surface area contributed by atoms with E-state index in [2.05, 4.69) is 10.6 Å². The molecule has 5 nitrogen and oxygen atoms in total. The van der Waals surface area contributed by atoms with Crippen molar-refractivity contribution < 1.29 is 14.3 Å². The van der Waals surface area contributed by atoms with E-state index < -0.39 is 11.6 Å². The average molecular weight is 290 g/mol. The lowest BCUT2D eigenvalue weighted by Crippen LogP contribution is -2.48. The van der Waals surface area contributed by atoms with Crippen molar-refractivity contribution in [1.82, 2.24) is 10.6 Å². The van der Waals surface area contributed by atoms with Gasteiger partial charge in [-0.15, -0.1) is 0 Å². The molecular formula is C16H22N2O3. The molecule has 0 radical (unpaired) electrons. The molecule has 1 fully saturated rings. The largest absolute Gasteiger partial charge is 0.491 e. The fourth-order valence-corrected chi connectivity index (χ4v) is 2.58. The molecule has 1 aromatic carbocycles. The van der Waals surface area contributed by atoms with Gasteiger partial charge >= 0.3 is 6.03 Å². The summed E-state index contributed by atoms with van der Waals surface area (Å²) in [5.74, 6) is 0.558. The van der Waals surface area contributed by atoms with E-state index in [1.165, 1.54) is 0 Å². The molecule has 0 spiro atoms. The standard InChI is InChI=1S/C16H22N2O3/c1-5-16(14(19)17-15(20)18-16)9-12-7-6-8-13(11(12)4)21-10(2)3/h6-8,10H,5,9H2,1-4H3,(H2,17,18,19,20). The highest BCUT2D eigenvalue weighted by molar-refractivity contribution is 6.07. The second kappa shape index (κ2) is 5.76. The summed E-state index contributed by atoms with van der Waals surface area (Å²) in [5.41, 5.74) is 1.15. The number of rotatable bonds is 5. The lowest BCUT2D eigenvalue weighted by atomic mass is 9.86. The summed E-state index contributed by atoms with van der Waals surface area (Å²) in [6.07, 6.45) is 1.09. The van der Waals surface area contributed by atoms with Crippen LogP contribution in [-0.2, 0) is 11.2 Å². The summed E-state index contributed by atoms with van der Waals surface area (Å²) in [6, 6.07) is 5.38. The molecule has 2 N–H and O–H groups in total. The molecule has 0 saturated carbocycles. The quantitative estimate of drug-likeness (QED) is 0.818. The number of ether oxygens (including phenoxy) is 1. The predicted octanol–water partition coefficient (Wildman–Crippen LogP) is 2.31. The number of benzene rings is 1. The maximum atomic E-state index is 12.1. The van der Waals surface area contributed by atoms with Crippen molar-refractivity contribution in [3.8, 4) is 5.75 Å². The number of amides is 3. The Labute approximate surface area is 125 Å². The SMILES string of the molecule is CCC1(Cc2cccc(OC(C)C)c2C)NC(=O)NC1=O. The summed E-state index contributed by atoms with van der Waals surface area (Å²) < 4.78 is 5.78. The Hall–Kier alpha value is -2.04. The first-order valence-corrected chi connectivity index (χ1v) is 7.26. The molecule has 1 heterocycles. The molecule has 114 valence electrons. The van der Waals surface area contributed by atoms with Crippen molar-refractivity contribution in [2.45, 2.75) is 52.2 Å². The number of hydrogen-bond acceptors (Lipinski definition) is 3. The summed E-state index contributed by atoms with van der Waals surface area (Å²) in [5, 5.41) is 5.09. The molecule has 2 rings (SSSR count). The van der Waals surface area contributed by atoms with Gasteiger partial charge in [0.25, 0.3) is 5.91 Å². The minimum absolute atomic E-state index is 0.0913. The fraction of sp³-hybridized carbons (Fsp3) is 0.500. The Morgan fingerprint density at radius 1 is 1.29 bits per heavy atom. The number of imide groups is 1. The summed E-state index contributed by atoms with van der Waals surface area (Å²) in [7, 11) is 0. The van der Waals surface area contributed by atoms with Gasteiger partial charge in [-0.05, 0) is 44.4 Å². The Bertz CT molecular complexity index is 569. The van der Waals surface area contributed by atoms with Crippen molar-refractivity contribution in [3.05, 3.63) is 29.3 Å². The van der Waals surface area contributed by atoms with E-state index in [0.717, 1.165) is 16.9 Å². The Balaban J connectivity index is 2.30. The van der Waals surface area contributed by atoms with Gasteiger partial charge < -0.3 is 10.1 Å². The van der Waals surface area contributed by atoms with E-state index in [4.69, 9.17) is 4.74 Å². The van der Waals surface area contributed by atoms with Crippen LogP contribution < -0.4 is 15.4 Å². The molecule has 0 aliphatic carbocycles. The Morgan fingerprint density at radius 3 is 2.52 bits per heavy atom. The van der Waals surface area contributed by atoms with Crippen LogP contribution in [-0.4, -0.2) is 23.6 Å². The molecule has 21 heavy (non-hydrogen) atoms. The Kier molecular flexibility index (Phi) is 4.21. The van der Waals surface area contributed by atoms with Gasteiger partial charge in [-0.1, -0.05) is 19.1 Å². The van der Waals surface area contributed by atoms with Gasteiger partial charge in [0, 0.05) is 6.42 Å². The van der Waals surface area contributed by atoms with E-state index in [1.807, 2.05) is 45.9 Å². The second-order valence-corrected chi connectivity index (χ2v) is 5.73. The molecular weight excluding hydrogens is 268 g/mol. The zero-order chi connectivity index (χ0) is 15.6. The molecule has 1 saturated heterocycles. The van der Waals surface area contributed by atoms with Crippen LogP contribution in [0.4, 0.5) is 4.79 Å². The highest BCUT2D eigenvalue weighted by atomic mass is 16.5. The van der Waals surface area contributed by atoms with E-state index in [1.54, 1.807) is 0 Å². The van der Waals surface area contributed by atoms with Gasteiger partial charge in [-0.3, -0.25) is 10.1 Å². The van der Waals surface area contributed by atoms with Crippen LogP contribution in [0.25, 0.3) is 0 Å². The number of hydrogen-bond donors (Lipinski definition) is 2. The van der Waals surface area contributed by atoms with Crippen molar-refractivity contribution in [2.24, 2.45) is 0 Å². The zero-order valence-corrected chi connectivity index (χ0v) is 12.9. The predicted molar refractivity (Wildman–Crippen MR) is 80.3 cm³/mol. The van der Waals surface area contributed by atoms with Gasteiger partial charge in [0.05, 0.1) is 6.10 Å². The van der Waals surface area contributed by atoms with E-state index in [0.29, 0.717) is 12.8 Å². The number of carbonyl (C=O) groups is 2. The van der Waals surface area contributed by atoms with Crippen LogP contribution in [0, 0.1) is 6.92 Å². The third-order valence-electron chi connectivity index (χ3n) is 3.87. The Morgan fingerprint density at radius 2 is 2.00 bits per heavy atom. The average Bonchev–Trinajstić information content (AvgIpc) is 2.69. The zero-order valence-electron chi connectivity index (χ0n) is 12.9.